The van der Waals surface area contributed by atoms with Gasteiger partial charge in [-0.25, -0.2) is 9.97 Å². The second-order valence-corrected chi connectivity index (χ2v) is 3.56. The van der Waals surface area contributed by atoms with Gasteiger partial charge in [0, 0.05) is 22.3 Å². The minimum atomic E-state index is 0.742. The lowest BCUT2D eigenvalue weighted by Gasteiger charge is -1.98. The summed E-state index contributed by atoms with van der Waals surface area (Å²) in [6.45, 7) is 0. The number of hydrogen-bond acceptors (Lipinski definition) is 3. The maximum absolute atomic E-state index is 5.74. The van der Waals surface area contributed by atoms with E-state index >= 15 is 0 Å². The Hall–Kier alpha value is -2.36. The molecule has 0 spiro atoms. The largest absolute Gasteiger partial charge is 0.399 e. The highest BCUT2D eigenvalue weighted by molar-refractivity contribution is 5.82. The summed E-state index contributed by atoms with van der Waals surface area (Å²) in [5, 5.41) is 0.875. The van der Waals surface area contributed by atoms with Crippen LogP contribution in [0.5, 0.6) is 0 Å². The number of anilines is 1. The van der Waals surface area contributed by atoms with Crippen LogP contribution in [0.1, 0.15) is 0 Å². The normalized spacial score (nSPS) is 10.8. The van der Waals surface area contributed by atoms with E-state index in [1.54, 1.807) is 0 Å². The average Bonchev–Trinajstić information content (AvgIpc) is 2.72. The Morgan fingerprint density at radius 2 is 2.19 bits per heavy atom. The van der Waals surface area contributed by atoms with Crippen LogP contribution in [0.3, 0.4) is 0 Å². The molecule has 0 amide bonds. The number of nitrogens with two attached hydrogens (primary N) is 1. The molecule has 0 bridgehead atoms. The van der Waals surface area contributed by atoms with Crippen LogP contribution in [0.25, 0.3) is 22.3 Å². The van der Waals surface area contributed by atoms with Crippen LogP contribution < -0.4 is 5.73 Å². The molecule has 0 aliphatic carbocycles. The van der Waals surface area contributed by atoms with Gasteiger partial charge in [-0.05, 0) is 18.2 Å². The second kappa shape index (κ2) is 3.34. The van der Waals surface area contributed by atoms with Gasteiger partial charge in [-0.2, -0.15) is 0 Å². The minimum absolute atomic E-state index is 0.742. The molecule has 3 aromatic rings. The zero-order valence-electron chi connectivity index (χ0n) is 8.44. The SMILES string of the molecule is Nc1cccc(-c2cc3[c]ncnc3[nH]2)c1. The number of aromatic nitrogens is 3. The Balaban J connectivity index is 2.19. The lowest BCUT2D eigenvalue weighted by molar-refractivity contribution is 1.19. The van der Waals surface area contributed by atoms with E-state index in [4.69, 9.17) is 5.73 Å². The highest BCUT2D eigenvalue weighted by atomic mass is 14.9. The molecule has 3 N–H and O–H groups in total. The Bertz CT molecular complexity index is 609. The number of nitrogen functional groups attached to an aromatic ring is 1. The number of fused-ring (bicyclic) bond motifs is 1. The molecular weight excluding hydrogens is 200 g/mol. The van der Waals surface area contributed by atoms with Crippen molar-refractivity contribution >= 4 is 16.7 Å². The van der Waals surface area contributed by atoms with Gasteiger partial charge in [0.2, 0.25) is 0 Å². The van der Waals surface area contributed by atoms with Crippen LogP contribution in [0.4, 0.5) is 5.69 Å². The Morgan fingerprint density at radius 3 is 3.00 bits per heavy atom. The van der Waals surface area contributed by atoms with E-state index < -0.39 is 0 Å². The third-order valence-electron chi connectivity index (χ3n) is 2.42. The van der Waals surface area contributed by atoms with Crippen LogP contribution in [0.15, 0.2) is 36.7 Å². The van der Waals surface area contributed by atoms with Crippen molar-refractivity contribution in [2.45, 2.75) is 0 Å². The van der Waals surface area contributed by atoms with Crippen LogP contribution in [-0.4, -0.2) is 15.0 Å². The molecular formula is C12H9N4. The van der Waals surface area contributed by atoms with Crippen molar-refractivity contribution in [3.05, 3.63) is 42.9 Å². The molecule has 77 valence electrons. The third-order valence-corrected chi connectivity index (χ3v) is 2.42. The Labute approximate surface area is 92.2 Å². The molecule has 4 heteroatoms. The predicted octanol–water partition coefficient (Wildman–Crippen LogP) is 2.01. The summed E-state index contributed by atoms with van der Waals surface area (Å²) in [6.07, 6.45) is 4.35. The molecule has 16 heavy (non-hydrogen) atoms. The number of nitrogens with one attached hydrogen (secondary N) is 1. The number of rotatable bonds is 1. The molecule has 0 aliphatic rings. The lowest BCUT2D eigenvalue weighted by atomic mass is 10.1. The second-order valence-electron chi connectivity index (χ2n) is 3.56. The van der Waals surface area contributed by atoms with E-state index in [1.165, 1.54) is 6.33 Å². The maximum Gasteiger partial charge on any atom is 0.141 e. The van der Waals surface area contributed by atoms with Crippen molar-refractivity contribution < 1.29 is 0 Å². The summed E-state index contributed by atoms with van der Waals surface area (Å²) < 4.78 is 0. The number of hydrogen-bond donors (Lipinski definition) is 2. The molecule has 2 aromatic heterocycles. The molecule has 0 unspecified atom stereocenters. The zero-order chi connectivity index (χ0) is 11.0. The molecule has 0 aliphatic heterocycles. The summed E-state index contributed by atoms with van der Waals surface area (Å²) in [5.74, 6) is 0. The molecule has 0 atom stereocenters. The zero-order valence-corrected chi connectivity index (χ0v) is 8.44. The summed E-state index contributed by atoms with van der Waals surface area (Å²) in [6, 6.07) is 9.65. The van der Waals surface area contributed by atoms with Crippen molar-refractivity contribution in [3.8, 4) is 11.3 Å². The fourth-order valence-corrected chi connectivity index (χ4v) is 1.68. The number of aromatic amines is 1. The van der Waals surface area contributed by atoms with Crippen molar-refractivity contribution in [3.63, 3.8) is 0 Å². The highest BCUT2D eigenvalue weighted by Crippen LogP contribution is 2.23. The van der Waals surface area contributed by atoms with E-state index in [9.17, 15) is 0 Å². The van der Waals surface area contributed by atoms with Gasteiger partial charge in [-0.15, -0.1) is 0 Å². The van der Waals surface area contributed by atoms with Crippen molar-refractivity contribution in [2.75, 3.05) is 5.73 Å². The van der Waals surface area contributed by atoms with E-state index in [2.05, 4.69) is 21.1 Å². The first-order chi connectivity index (χ1) is 7.83. The molecule has 2 heterocycles. The standard InChI is InChI=1S/C12H9N4/c13-10-3-1-2-8(4-10)11-5-9-6-14-7-15-12(9)16-11/h1-5,7H,13H2,(H,14,15,16). The van der Waals surface area contributed by atoms with Gasteiger partial charge >= 0.3 is 0 Å². The molecule has 1 aromatic carbocycles. The van der Waals surface area contributed by atoms with E-state index in [1.807, 2.05) is 30.3 Å². The molecule has 4 nitrogen and oxygen atoms in total. The molecule has 0 fully saturated rings. The van der Waals surface area contributed by atoms with Crippen LogP contribution in [-0.2, 0) is 0 Å². The monoisotopic (exact) mass is 209 g/mol. The first kappa shape index (κ1) is 8.91. The summed E-state index contributed by atoms with van der Waals surface area (Å²) in [5.41, 5.74) is 9.27. The van der Waals surface area contributed by atoms with Crippen LogP contribution in [0.2, 0.25) is 0 Å². The van der Waals surface area contributed by atoms with Crippen molar-refractivity contribution in [1.82, 2.24) is 15.0 Å². The van der Waals surface area contributed by atoms with Gasteiger partial charge in [0.05, 0.1) is 0 Å². The highest BCUT2D eigenvalue weighted by Gasteiger charge is 2.04. The smallest absolute Gasteiger partial charge is 0.141 e. The molecule has 3 rings (SSSR count). The molecule has 1 radical (unpaired) electrons. The minimum Gasteiger partial charge on any atom is -0.399 e. The first-order valence-electron chi connectivity index (χ1n) is 4.90. The van der Waals surface area contributed by atoms with Gasteiger partial charge in [0.15, 0.2) is 0 Å². The van der Waals surface area contributed by atoms with Gasteiger partial charge in [0.25, 0.3) is 0 Å². The maximum atomic E-state index is 5.74. The van der Waals surface area contributed by atoms with E-state index in [0.29, 0.717) is 0 Å². The fraction of sp³-hybridized carbons (Fsp3) is 0. The summed E-state index contributed by atoms with van der Waals surface area (Å²) in [7, 11) is 0. The third kappa shape index (κ3) is 1.40. The van der Waals surface area contributed by atoms with Gasteiger partial charge in [-0.3, -0.25) is 0 Å². The van der Waals surface area contributed by atoms with Gasteiger partial charge in [0.1, 0.15) is 18.2 Å². The number of nitrogens with zero attached hydrogens (tertiary/aromatic N) is 2. The number of H-pyrrole nitrogens is 1. The van der Waals surface area contributed by atoms with Crippen LogP contribution >= 0.6 is 0 Å². The fourth-order valence-electron chi connectivity index (χ4n) is 1.68. The Kier molecular flexibility index (Phi) is 1.86. The molecule has 0 saturated carbocycles. The summed E-state index contributed by atoms with van der Waals surface area (Å²) in [4.78, 5) is 11.2. The first-order valence-corrected chi connectivity index (χ1v) is 4.90. The quantitative estimate of drug-likeness (QED) is 0.602. The number of benzene rings is 1. The van der Waals surface area contributed by atoms with Crippen LogP contribution in [0, 0.1) is 6.20 Å². The lowest BCUT2D eigenvalue weighted by Crippen LogP contribution is -1.84. The van der Waals surface area contributed by atoms with E-state index in [0.717, 1.165) is 28.0 Å². The van der Waals surface area contributed by atoms with Crippen molar-refractivity contribution in [2.24, 2.45) is 0 Å². The van der Waals surface area contributed by atoms with E-state index in [-0.39, 0.29) is 0 Å². The topological polar surface area (TPSA) is 67.6 Å². The average molecular weight is 209 g/mol. The summed E-state index contributed by atoms with van der Waals surface area (Å²) >= 11 is 0. The van der Waals surface area contributed by atoms with Crippen molar-refractivity contribution in [1.29, 1.82) is 0 Å². The predicted molar refractivity (Wildman–Crippen MR) is 62.6 cm³/mol. The molecule has 0 saturated heterocycles. The van der Waals surface area contributed by atoms with Gasteiger partial charge in [-0.1, -0.05) is 12.1 Å². The Morgan fingerprint density at radius 1 is 1.25 bits per heavy atom. The van der Waals surface area contributed by atoms with Gasteiger partial charge < -0.3 is 10.7 Å².